The average molecular weight is 301 g/mol. The van der Waals surface area contributed by atoms with Crippen LogP contribution in [0.15, 0.2) is 40.1 Å². The third-order valence-electron chi connectivity index (χ3n) is 3.60. The topological polar surface area (TPSA) is 74.7 Å². The Morgan fingerprint density at radius 3 is 2.91 bits per heavy atom. The van der Waals surface area contributed by atoms with Gasteiger partial charge >= 0.3 is 0 Å². The first-order chi connectivity index (χ1) is 10.6. The first-order valence-corrected chi connectivity index (χ1v) is 6.52. The van der Waals surface area contributed by atoms with Gasteiger partial charge in [0.05, 0.1) is 18.2 Å². The molecule has 0 spiro atoms. The molecule has 0 saturated carbocycles. The summed E-state index contributed by atoms with van der Waals surface area (Å²) in [4.78, 5) is 15.9. The van der Waals surface area contributed by atoms with E-state index in [0.717, 1.165) is 5.56 Å². The van der Waals surface area contributed by atoms with E-state index in [0.29, 0.717) is 22.8 Å². The van der Waals surface area contributed by atoms with Gasteiger partial charge < -0.3 is 9.52 Å². The first kappa shape index (κ1) is 12.8. The molecule has 0 aliphatic heterocycles. The summed E-state index contributed by atoms with van der Waals surface area (Å²) in [6.07, 6.45) is 4.71. The Labute approximate surface area is 121 Å². The van der Waals surface area contributed by atoms with E-state index < -0.39 is 17.1 Å². The minimum absolute atomic E-state index is 0.0128. The van der Waals surface area contributed by atoms with E-state index in [4.69, 9.17) is 4.42 Å². The number of pyridine rings is 1. The molecule has 0 bridgehead atoms. The Hall–Kier alpha value is -2.96. The summed E-state index contributed by atoms with van der Waals surface area (Å²) in [6, 6.07) is 2.37. The number of nitrogens with one attached hydrogen (secondary N) is 2. The van der Waals surface area contributed by atoms with E-state index in [1.54, 1.807) is 6.07 Å². The van der Waals surface area contributed by atoms with Crippen LogP contribution in [-0.4, -0.2) is 15.2 Å². The van der Waals surface area contributed by atoms with Gasteiger partial charge in [0.15, 0.2) is 11.5 Å². The Morgan fingerprint density at radius 1 is 1.27 bits per heavy atom. The molecule has 110 valence electrons. The molecule has 7 heteroatoms. The van der Waals surface area contributed by atoms with Crippen molar-refractivity contribution < 1.29 is 13.2 Å². The summed E-state index contributed by atoms with van der Waals surface area (Å²) in [5.74, 6) is -1.76. The van der Waals surface area contributed by atoms with Crippen molar-refractivity contribution in [2.75, 3.05) is 0 Å². The summed E-state index contributed by atoms with van der Waals surface area (Å²) >= 11 is 0. The Balaban J connectivity index is 2.14. The molecule has 0 aliphatic carbocycles. The monoisotopic (exact) mass is 301 g/mol. The molecule has 0 radical (unpaired) electrons. The molecule has 5 nitrogen and oxygen atoms in total. The predicted molar refractivity (Wildman–Crippen MR) is 75.7 cm³/mol. The number of fused-ring (bicyclic) bond motifs is 3. The van der Waals surface area contributed by atoms with Crippen molar-refractivity contribution >= 4 is 21.8 Å². The fourth-order valence-electron chi connectivity index (χ4n) is 2.63. The number of aromatic amines is 2. The molecular formula is C15H9F2N3O2. The second-order valence-corrected chi connectivity index (χ2v) is 4.96. The molecule has 2 N–H and O–H groups in total. The number of rotatable bonds is 2. The predicted octanol–water partition coefficient (Wildman–Crippen LogP) is 2.87. The van der Waals surface area contributed by atoms with Crippen LogP contribution in [0.4, 0.5) is 8.78 Å². The van der Waals surface area contributed by atoms with Crippen molar-refractivity contribution in [2.45, 2.75) is 6.42 Å². The van der Waals surface area contributed by atoms with Gasteiger partial charge in [-0.05, 0) is 11.6 Å². The van der Waals surface area contributed by atoms with Crippen molar-refractivity contribution in [1.82, 2.24) is 15.2 Å². The van der Waals surface area contributed by atoms with Gasteiger partial charge in [-0.15, -0.1) is 0 Å². The van der Waals surface area contributed by atoms with E-state index in [9.17, 15) is 13.6 Å². The molecule has 0 unspecified atom stereocenters. The van der Waals surface area contributed by atoms with Gasteiger partial charge in [0, 0.05) is 34.8 Å². The van der Waals surface area contributed by atoms with E-state index in [1.165, 1.54) is 18.7 Å². The van der Waals surface area contributed by atoms with Crippen LogP contribution in [-0.2, 0) is 6.42 Å². The van der Waals surface area contributed by atoms with Crippen molar-refractivity contribution in [3.8, 4) is 0 Å². The van der Waals surface area contributed by atoms with Crippen molar-refractivity contribution in [3.05, 3.63) is 64.0 Å². The second kappa shape index (κ2) is 4.52. The third kappa shape index (κ3) is 1.75. The van der Waals surface area contributed by atoms with E-state index >= 15 is 0 Å². The molecule has 3 aromatic heterocycles. The number of aromatic nitrogens is 3. The van der Waals surface area contributed by atoms with E-state index in [1.807, 2.05) is 0 Å². The fourth-order valence-corrected chi connectivity index (χ4v) is 2.63. The number of halogens is 2. The van der Waals surface area contributed by atoms with Gasteiger partial charge in [0.1, 0.15) is 5.82 Å². The molecule has 1 aromatic carbocycles. The maximum absolute atomic E-state index is 14.3. The molecule has 0 fully saturated rings. The van der Waals surface area contributed by atoms with E-state index in [-0.39, 0.29) is 17.2 Å². The summed E-state index contributed by atoms with van der Waals surface area (Å²) < 4.78 is 33.6. The number of hydrogen-bond donors (Lipinski definition) is 2. The summed E-state index contributed by atoms with van der Waals surface area (Å²) in [5, 5.41) is 5.71. The standard InChI is InChI=1S/C15H9F2N3O2/c16-9-4-11(21)14(17)12-8-5-18-20-15(8)19-10(13(9)12)3-7-1-2-22-6-7/h1-2,4-6H,3H2,(H2,18,19,20). The summed E-state index contributed by atoms with van der Waals surface area (Å²) in [7, 11) is 0. The van der Waals surface area contributed by atoms with Gasteiger partial charge in [0.25, 0.3) is 0 Å². The molecule has 0 aliphatic rings. The zero-order chi connectivity index (χ0) is 15.3. The van der Waals surface area contributed by atoms with Crippen LogP contribution in [0, 0.1) is 11.6 Å². The molecule has 4 rings (SSSR count). The normalized spacial score (nSPS) is 11.5. The minimum Gasteiger partial charge on any atom is -0.472 e. The van der Waals surface area contributed by atoms with Crippen LogP contribution >= 0.6 is 0 Å². The van der Waals surface area contributed by atoms with Crippen molar-refractivity contribution in [2.24, 2.45) is 0 Å². The lowest BCUT2D eigenvalue weighted by Gasteiger charge is -2.07. The highest BCUT2D eigenvalue weighted by Gasteiger charge is 2.19. The molecule has 22 heavy (non-hydrogen) atoms. The molecule has 0 amide bonds. The Bertz CT molecular complexity index is 1050. The lowest BCUT2D eigenvalue weighted by atomic mass is 10.0. The quantitative estimate of drug-likeness (QED) is 0.598. The van der Waals surface area contributed by atoms with Crippen LogP contribution in [0.5, 0.6) is 0 Å². The molecule has 3 heterocycles. The Morgan fingerprint density at radius 2 is 2.14 bits per heavy atom. The van der Waals surface area contributed by atoms with Gasteiger partial charge in [-0.2, -0.15) is 0 Å². The first-order valence-electron chi connectivity index (χ1n) is 6.52. The number of H-pyrrole nitrogens is 2. The average Bonchev–Trinajstić information content (AvgIpc) is 3.14. The maximum Gasteiger partial charge on any atom is 0.217 e. The number of nitrogens with zero attached hydrogens (tertiary/aromatic N) is 1. The highest BCUT2D eigenvalue weighted by molar-refractivity contribution is 6.05. The highest BCUT2D eigenvalue weighted by atomic mass is 19.1. The molecule has 0 atom stereocenters. The lowest BCUT2D eigenvalue weighted by Crippen LogP contribution is -2.09. The Kier molecular flexibility index (Phi) is 2.62. The van der Waals surface area contributed by atoms with Gasteiger partial charge in [-0.25, -0.2) is 13.8 Å². The largest absolute Gasteiger partial charge is 0.472 e. The molecule has 4 aromatic rings. The minimum atomic E-state index is -0.981. The van der Waals surface area contributed by atoms with Crippen LogP contribution in [0.25, 0.3) is 21.8 Å². The van der Waals surface area contributed by atoms with Crippen LogP contribution < -0.4 is 5.43 Å². The van der Waals surface area contributed by atoms with Gasteiger partial charge in [-0.3, -0.25) is 9.89 Å². The maximum atomic E-state index is 14.3. The van der Waals surface area contributed by atoms with Gasteiger partial charge in [-0.1, -0.05) is 0 Å². The number of benzene rings is 1. The summed E-state index contributed by atoms with van der Waals surface area (Å²) in [5.41, 5.74) is 0.480. The van der Waals surface area contributed by atoms with E-state index in [2.05, 4.69) is 15.2 Å². The molecule has 0 saturated heterocycles. The third-order valence-corrected chi connectivity index (χ3v) is 3.60. The van der Waals surface area contributed by atoms with Crippen molar-refractivity contribution in [1.29, 1.82) is 0 Å². The SMILES string of the molecule is O=c1cc(F)c2c(Cc3ccoc3)nc3[nH][nH]cc3c2c1F. The zero-order valence-corrected chi connectivity index (χ0v) is 11.1. The zero-order valence-electron chi connectivity index (χ0n) is 11.1. The van der Waals surface area contributed by atoms with Crippen molar-refractivity contribution in [3.63, 3.8) is 0 Å². The lowest BCUT2D eigenvalue weighted by molar-refractivity contribution is 0.564. The number of hydrogen-bond acceptors (Lipinski definition) is 3. The highest BCUT2D eigenvalue weighted by Crippen LogP contribution is 2.29. The smallest absolute Gasteiger partial charge is 0.217 e. The van der Waals surface area contributed by atoms with Gasteiger partial charge in [0.2, 0.25) is 5.43 Å². The molecular weight excluding hydrogens is 292 g/mol. The van der Waals surface area contributed by atoms with Crippen LogP contribution in [0.2, 0.25) is 0 Å². The second-order valence-electron chi connectivity index (χ2n) is 4.96. The van der Waals surface area contributed by atoms with Crippen LogP contribution in [0.3, 0.4) is 0 Å². The number of furan rings is 1. The fraction of sp³-hybridized carbons (Fsp3) is 0.0667. The van der Waals surface area contributed by atoms with Crippen LogP contribution in [0.1, 0.15) is 11.3 Å². The summed E-state index contributed by atoms with van der Waals surface area (Å²) in [6.45, 7) is 0.